The zero-order valence-corrected chi connectivity index (χ0v) is 20.9. The van der Waals surface area contributed by atoms with Crippen LogP contribution in [0.2, 0.25) is 10.0 Å². The number of ether oxygens (including phenoxy) is 1. The Hall–Kier alpha value is -2.85. The number of thiazole rings is 1. The van der Waals surface area contributed by atoms with Gasteiger partial charge in [-0.2, -0.15) is 0 Å². The molecular formula is C23H18Cl2N2O5S2. The monoisotopic (exact) mass is 536 g/mol. The molecule has 0 bridgehead atoms. The van der Waals surface area contributed by atoms with Crippen LogP contribution in [0.1, 0.15) is 22.8 Å². The van der Waals surface area contributed by atoms with Crippen molar-refractivity contribution in [2.75, 3.05) is 11.3 Å². The van der Waals surface area contributed by atoms with Crippen LogP contribution in [0.3, 0.4) is 0 Å². The molecular weight excluding hydrogens is 519 g/mol. The van der Waals surface area contributed by atoms with Gasteiger partial charge in [0.15, 0.2) is 0 Å². The number of aromatic nitrogens is 1. The molecule has 0 radical (unpaired) electrons. The highest BCUT2D eigenvalue weighted by molar-refractivity contribution is 7.92. The van der Waals surface area contributed by atoms with Crippen molar-refractivity contribution in [3.05, 3.63) is 91.5 Å². The molecule has 1 aromatic heterocycles. The zero-order chi connectivity index (χ0) is 24.5. The highest BCUT2D eigenvalue weighted by Gasteiger charge is 2.19. The minimum Gasteiger partial charge on any atom is -0.462 e. The summed E-state index contributed by atoms with van der Waals surface area (Å²) in [5.74, 6) is -0.653. The van der Waals surface area contributed by atoms with Crippen molar-refractivity contribution < 1.29 is 17.9 Å². The highest BCUT2D eigenvalue weighted by atomic mass is 35.5. The molecule has 0 unspecified atom stereocenters. The van der Waals surface area contributed by atoms with Gasteiger partial charge in [0.25, 0.3) is 10.0 Å². The first kappa shape index (κ1) is 24.3. The molecule has 0 atom stereocenters. The minimum atomic E-state index is -4.01. The maximum atomic E-state index is 13.0. The molecule has 0 aliphatic heterocycles. The Morgan fingerprint density at radius 3 is 2.56 bits per heavy atom. The second-order valence-corrected chi connectivity index (χ2v) is 10.7. The number of fused-ring (bicyclic) bond motifs is 1. The van der Waals surface area contributed by atoms with Gasteiger partial charge in [-0.05, 0) is 55.0 Å². The van der Waals surface area contributed by atoms with E-state index in [4.69, 9.17) is 27.9 Å². The van der Waals surface area contributed by atoms with Crippen LogP contribution in [0.15, 0.2) is 70.4 Å². The van der Waals surface area contributed by atoms with Crippen LogP contribution in [0, 0.1) is 0 Å². The normalized spacial score (nSPS) is 11.5. The van der Waals surface area contributed by atoms with Crippen molar-refractivity contribution in [1.29, 1.82) is 0 Å². The van der Waals surface area contributed by atoms with Gasteiger partial charge in [-0.1, -0.05) is 52.7 Å². The van der Waals surface area contributed by atoms with Gasteiger partial charge in [-0.15, -0.1) is 0 Å². The summed E-state index contributed by atoms with van der Waals surface area (Å²) in [7, 11) is -4.01. The summed E-state index contributed by atoms with van der Waals surface area (Å²) in [6, 6.07) is 15.8. The number of anilines is 1. The van der Waals surface area contributed by atoms with Crippen LogP contribution in [0.4, 0.5) is 5.69 Å². The van der Waals surface area contributed by atoms with E-state index < -0.39 is 16.0 Å². The van der Waals surface area contributed by atoms with Crippen LogP contribution in [0.5, 0.6) is 0 Å². The molecule has 176 valence electrons. The van der Waals surface area contributed by atoms with Gasteiger partial charge in [-0.3, -0.25) is 14.1 Å². The summed E-state index contributed by atoms with van der Waals surface area (Å²) in [5, 5.41) is 0.690. The van der Waals surface area contributed by atoms with Gasteiger partial charge >= 0.3 is 10.8 Å². The van der Waals surface area contributed by atoms with Crippen molar-refractivity contribution in [3.63, 3.8) is 0 Å². The molecule has 1 heterocycles. The zero-order valence-electron chi connectivity index (χ0n) is 17.7. The quantitative estimate of drug-likeness (QED) is 0.319. The summed E-state index contributed by atoms with van der Waals surface area (Å²) in [5.41, 5.74) is 1.58. The van der Waals surface area contributed by atoms with Crippen molar-refractivity contribution in [2.24, 2.45) is 0 Å². The Kier molecular flexibility index (Phi) is 6.99. The molecule has 4 rings (SSSR count). The second-order valence-electron chi connectivity index (χ2n) is 7.20. The molecule has 0 saturated heterocycles. The third-order valence-corrected chi connectivity index (χ3v) is 7.97. The number of rotatable bonds is 7. The van der Waals surface area contributed by atoms with E-state index >= 15 is 0 Å². The molecule has 0 aliphatic carbocycles. The maximum Gasteiger partial charge on any atom is 0.339 e. The van der Waals surface area contributed by atoms with Gasteiger partial charge in [0, 0.05) is 10.7 Å². The van der Waals surface area contributed by atoms with Gasteiger partial charge < -0.3 is 4.74 Å². The summed E-state index contributed by atoms with van der Waals surface area (Å²) in [6.45, 7) is 2.08. The molecule has 11 heteroatoms. The van der Waals surface area contributed by atoms with Crippen LogP contribution in [-0.2, 0) is 21.3 Å². The lowest BCUT2D eigenvalue weighted by Gasteiger charge is -2.11. The number of hydrogen-bond acceptors (Lipinski definition) is 6. The summed E-state index contributed by atoms with van der Waals surface area (Å²) < 4.78 is 35.5. The number of carbonyl (C=O) groups is 1. The Morgan fingerprint density at radius 2 is 1.82 bits per heavy atom. The highest BCUT2D eigenvalue weighted by Crippen LogP contribution is 2.27. The second kappa shape index (κ2) is 9.79. The lowest BCUT2D eigenvalue weighted by molar-refractivity contribution is 0.0526. The summed E-state index contributed by atoms with van der Waals surface area (Å²) in [6.07, 6.45) is 0. The minimum absolute atomic E-state index is 0.0289. The van der Waals surface area contributed by atoms with Gasteiger partial charge in [0.1, 0.15) is 0 Å². The Balaban J connectivity index is 1.65. The number of sulfonamides is 1. The average Bonchev–Trinajstić information content (AvgIpc) is 3.11. The van der Waals surface area contributed by atoms with Crippen LogP contribution in [-0.4, -0.2) is 25.6 Å². The first-order valence-electron chi connectivity index (χ1n) is 10.1. The van der Waals surface area contributed by atoms with Gasteiger partial charge in [-0.25, -0.2) is 13.2 Å². The Labute approximate surface area is 209 Å². The number of benzene rings is 3. The Morgan fingerprint density at radius 1 is 1.06 bits per heavy atom. The SMILES string of the molecule is CCOC(=O)c1cc(NS(=O)(=O)c2ccc3c(c2)sc(=O)n3Cc2ccccc2Cl)ccc1Cl. The Bertz CT molecular complexity index is 1560. The van der Waals surface area contributed by atoms with E-state index in [0.717, 1.165) is 16.9 Å². The first-order chi connectivity index (χ1) is 16.2. The largest absolute Gasteiger partial charge is 0.462 e. The van der Waals surface area contributed by atoms with E-state index in [1.54, 1.807) is 29.7 Å². The fraction of sp³-hybridized carbons (Fsp3) is 0.130. The lowest BCUT2D eigenvalue weighted by atomic mass is 10.2. The molecule has 3 aromatic carbocycles. The fourth-order valence-electron chi connectivity index (χ4n) is 3.33. The van der Waals surface area contributed by atoms with E-state index in [9.17, 15) is 18.0 Å². The maximum absolute atomic E-state index is 13.0. The molecule has 7 nitrogen and oxygen atoms in total. The van der Waals surface area contributed by atoms with Gasteiger partial charge in [0.05, 0.1) is 38.8 Å². The van der Waals surface area contributed by atoms with E-state index in [0.29, 0.717) is 15.2 Å². The predicted molar refractivity (Wildman–Crippen MR) is 135 cm³/mol. The molecule has 0 aliphatic rings. The topological polar surface area (TPSA) is 94.5 Å². The molecule has 0 amide bonds. The number of carbonyl (C=O) groups excluding carboxylic acids is 1. The molecule has 1 N–H and O–H groups in total. The summed E-state index contributed by atoms with van der Waals surface area (Å²) in [4.78, 5) is 24.4. The first-order valence-corrected chi connectivity index (χ1v) is 13.1. The third kappa shape index (κ3) is 4.97. The molecule has 0 fully saturated rings. The van der Waals surface area contributed by atoms with Crippen molar-refractivity contribution in [1.82, 2.24) is 4.57 Å². The van der Waals surface area contributed by atoms with E-state index in [-0.39, 0.29) is 39.2 Å². The third-order valence-electron chi connectivity index (χ3n) is 4.95. The molecule has 0 spiro atoms. The van der Waals surface area contributed by atoms with Crippen molar-refractivity contribution >= 4 is 66.4 Å². The average molecular weight is 537 g/mol. The smallest absolute Gasteiger partial charge is 0.339 e. The van der Waals surface area contributed by atoms with E-state index in [2.05, 4.69) is 4.72 Å². The standard InChI is InChI=1S/C23H18Cl2N2O5S2/c1-2-32-22(28)17-11-15(7-9-19(17)25)26-34(30,31)16-8-10-20-21(12-16)33-23(29)27(20)13-14-5-3-4-6-18(14)24/h3-12,26H,2,13H2,1H3. The van der Waals surface area contributed by atoms with Crippen LogP contribution in [0.25, 0.3) is 10.2 Å². The molecule has 4 aromatic rings. The number of nitrogens with zero attached hydrogens (tertiary/aromatic N) is 1. The number of hydrogen-bond donors (Lipinski definition) is 1. The van der Waals surface area contributed by atoms with Crippen molar-refractivity contribution in [3.8, 4) is 0 Å². The lowest BCUT2D eigenvalue weighted by Crippen LogP contribution is -2.15. The summed E-state index contributed by atoms with van der Waals surface area (Å²) >= 11 is 13.2. The van der Waals surface area contributed by atoms with Crippen molar-refractivity contribution in [2.45, 2.75) is 18.4 Å². The fourth-order valence-corrected chi connectivity index (χ4v) is 5.80. The predicted octanol–water partition coefficient (Wildman–Crippen LogP) is 5.40. The van der Waals surface area contributed by atoms with Crippen LogP contribution >= 0.6 is 34.5 Å². The number of halogens is 2. The van der Waals surface area contributed by atoms with E-state index in [1.165, 1.54) is 30.3 Å². The van der Waals surface area contributed by atoms with Crippen LogP contribution < -0.4 is 9.60 Å². The van der Waals surface area contributed by atoms with E-state index in [1.807, 2.05) is 12.1 Å². The number of esters is 1. The molecule has 0 saturated carbocycles. The molecule has 34 heavy (non-hydrogen) atoms. The number of nitrogens with one attached hydrogen (secondary N) is 1. The van der Waals surface area contributed by atoms with Gasteiger partial charge in [0.2, 0.25) is 0 Å².